The van der Waals surface area contributed by atoms with Crippen LogP contribution in [-0.2, 0) is 0 Å². The summed E-state index contributed by atoms with van der Waals surface area (Å²) in [6.07, 6.45) is 10.8. The summed E-state index contributed by atoms with van der Waals surface area (Å²) in [5, 5.41) is 7.41. The van der Waals surface area contributed by atoms with Crippen molar-refractivity contribution in [3.63, 3.8) is 0 Å². The van der Waals surface area contributed by atoms with Crippen LogP contribution in [0.2, 0.25) is 0 Å². The first kappa shape index (κ1) is 10.8. The maximum absolute atomic E-state index is 3.74. The molecule has 4 rings (SSSR count). The van der Waals surface area contributed by atoms with Crippen LogP contribution in [0, 0.1) is 0 Å². The molecule has 4 aliphatic rings. The summed E-state index contributed by atoms with van der Waals surface area (Å²) in [5.74, 6) is 0. The molecular weight excluding hydrogens is 222 g/mol. The van der Waals surface area contributed by atoms with Crippen molar-refractivity contribution in [2.75, 3.05) is 13.1 Å². The van der Waals surface area contributed by atoms with E-state index in [1.807, 2.05) is 0 Å². The molecule has 3 aliphatic heterocycles. The Hall–Kier alpha value is -1.06. The quantitative estimate of drug-likeness (QED) is 0.675. The molecule has 0 aromatic heterocycles. The standard InChI is InChI=1S/C15H21N3/c1-10-9-18-12-5-3-2-4-11(12)8-13(18)15-14(10)16-6-7-17-15/h3,5,9,13-17H,2,4,6-8H2,1H3/t13-,14?,15?/m0/s1. The van der Waals surface area contributed by atoms with Gasteiger partial charge in [0.1, 0.15) is 0 Å². The topological polar surface area (TPSA) is 27.3 Å². The first-order valence-corrected chi connectivity index (χ1v) is 7.16. The van der Waals surface area contributed by atoms with Gasteiger partial charge in [-0.05, 0) is 43.4 Å². The van der Waals surface area contributed by atoms with Crippen molar-refractivity contribution in [3.05, 3.63) is 35.2 Å². The molecule has 1 aliphatic carbocycles. The Morgan fingerprint density at radius 1 is 1.28 bits per heavy atom. The minimum absolute atomic E-state index is 0.533. The molecule has 0 amide bonds. The second kappa shape index (κ2) is 3.97. The molecule has 3 atom stereocenters. The molecule has 1 fully saturated rings. The van der Waals surface area contributed by atoms with Crippen molar-refractivity contribution in [2.45, 2.75) is 44.3 Å². The lowest BCUT2D eigenvalue weighted by Crippen LogP contribution is -2.65. The summed E-state index contributed by atoms with van der Waals surface area (Å²) in [7, 11) is 0. The molecular formula is C15H21N3. The van der Waals surface area contributed by atoms with Crippen LogP contribution in [0.4, 0.5) is 0 Å². The Kier molecular flexibility index (Phi) is 2.39. The number of nitrogens with zero attached hydrogens (tertiary/aromatic N) is 1. The molecule has 0 bridgehead atoms. The molecule has 96 valence electrons. The normalized spacial score (nSPS) is 38.2. The van der Waals surface area contributed by atoms with E-state index in [0.29, 0.717) is 18.1 Å². The number of hydrogen-bond acceptors (Lipinski definition) is 3. The Morgan fingerprint density at radius 2 is 2.17 bits per heavy atom. The average molecular weight is 243 g/mol. The lowest BCUT2D eigenvalue weighted by Gasteiger charge is -2.45. The third kappa shape index (κ3) is 1.44. The molecule has 1 saturated heterocycles. The van der Waals surface area contributed by atoms with Crippen LogP contribution in [0.15, 0.2) is 35.2 Å². The molecule has 3 heterocycles. The highest BCUT2D eigenvalue weighted by molar-refractivity contribution is 5.40. The van der Waals surface area contributed by atoms with Gasteiger partial charge in [0.15, 0.2) is 0 Å². The van der Waals surface area contributed by atoms with E-state index >= 15 is 0 Å². The molecule has 2 N–H and O–H groups in total. The highest BCUT2D eigenvalue weighted by Gasteiger charge is 2.43. The lowest BCUT2D eigenvalue weighted by atomic mass is 9.87. The predicted molar refractivity (Wildman–Crippen MR) is 73.0 cm³/mol. The summed E-state index contributed by atoms with van der Waals surface area (Å²) in [5.41, 5.74) is 4.62. The Morgan fingerprint density at radius 3 is 3.11 bits per heavy atom. The summed E-state index contributed by atoms with van der Waals surface area (Å²) in [6.45, 7) is 4.45. The van der Waals surface area contributed by atoms with Gasteiger partial charge < -0.3 is 15.5 Å². The third-order valence-corrected chi connectivity index (χ3v) is 4.82. The molecule has 0 aromatic carbocycles. The largest absolute Gasteiger partial charge is 0.343 e. The zero-order valence-corrected chi connectivity index (χ0v) is 10.9. The van der Waals surface area contributed by atoms with Gasteiger partial charge in [-0.25, -0.2) is 0 Å². The van der Waals surface area contributed by atoms with Crippen LogP contribution in [0.5, 0.6) is 0 Å². The lowest BCUT2D eigenvalue weighted by molar-refractivity contribution is 0.205. The number of rotatable bonds is 0. The summed E-state index contributed by atoms with van der Waals surface area (Å²) >= 11 is 0. The Labute approximate surface area is 109 Å². The van der Waals surface area contributed by atoms with Crippen LogP contribution in [0.3, 0.4) is 0 Å². The summed E-state index contributed by atoms with van der Waals surface area (Å²) < 4.78 is 0. The van der Waals surface area contributed by atoms with Crippen molar-refractivity contribution in [2.24, 2.45) is 0 Å². The van der Waals surface area contributed by atoms with Crippen molar-refractivity contribution in [3.8, 4) is 0 Å². The molecule has 0 spiro atoms. The van der Waals surface area contributed by atoms with Crippen molar-refractivity contribution >= 4 is 0 Å². The van der Waals surface area contributed by atoms with E-state index in [9.17, 15) is 0 Å². The fourth-order valence-corrected chi connectivity index (χ4v) is 3.98. The fraction of sp³-hybridized carbons (Fsp3) is 0.600. The zero-order chi connectivity index (χ0) is 12.1. The highest BCUT2D eigenvalue weighted by Crippen LogP contribution is 2.40. The van der Waals surface area contributed by atoms with Gasteiger partial charge in [0.05, 0.1) is 6.04 Å². The van der Waals surface area contributed by atoms with E-state index in [2.05, 4.69) is 40.8 Å². The van der Waals surface area contributed by atoms with Crippen LogP contribution < -0.4 is 10.6 Å². The number of piperazine rings is 1. The minimum atomic E-state index is 0.533. The number of hydrogen-bond donors (Lipinski definition) is 2. The Balaban J connectivity index is 1.72. The minimum Gasteiger partial charge on any atom is -0.343 e. The fourth-order valence-electron chi connectivity index (χ4n) is 3.98. The monoisotopic (exact) mass is 243 g/mol. The van der Waals surface area contributed by atoms with Gasteiger partial charge in [0, 0.05) is 37.1 Å². The molecule has 3 heteroatoms. The Bertz CT molecular complexity index is 460. The van der Waals surface area contributed by atoms with Crippen molar-refractivity contribution in [1.82, 2.24) is 15.5 Å². The summed E-state index contributed by atoms with van der Waals surface area (Å²) in [4.78, 5) is 2.53. The van der Waals surface area contributed by atoms with Gasteiger partial charge in [-0.2, -0.15) is 0 Å². The van der Waals surface area contributed by atoms with Gasteiger partial charge in [0.25, 0.3) is 0 Å². The molecule has 0 saturated carbocycles. The van der Waals surface area contributed by atoms with Gasteiger partial charge >= 0.3 is 0 Å². The van der Waals surface area contributed by atoms with E-state index in [0.717, 1.165) is 13.1 Å². The number of nitrogens with one attached hydrogen (secondary N) is 2. The summed E-state index contributed by atoms with van der Waals surface area (Å²) in [6, 6.07) is 1.73. The van der Waals surface area contributed by atoms with E-state index in [1.165, 1.54) is 30.5 Å². The smallest absolute Gasteiger partial charge is 0.0546 e. The average Bonchev–Trinajstić information content (AvgIpc) is 2.78. The third-order valence-electron chi connectivity index (χ3n) is 4.82. The number of allylic oxidation sites excluding steroid dienone is 2. The molecule has 18 heavy (non-hydrogen) atoms. The molecule has 0 radical (unpaired) electrons. The predicted octanol–water partition coefficient (Wildman–Crippen LogP) is 1.51. The maximum Gasteiger partial charge on any atom is 0.0546 e. The van der Waals surface area contributed by atoms with Gasteiger partial charge in [-0.1, -0.05) is 6.08 Å². The van der Waals surface area contributed by atoms with E-state index in [-0.39, 0.29) is 0 Å². The van der Waals surface area contributed by atoms with Crippen LogP contribution >= 0.6 is 0 Å². The number of fused-ring (bicyclic) bond motifs is 4. The van der Waals surface area contributed by atoms with Gasteiger partial charge in [-0.3, -0.25) is 0 Å². The molecule has 0 aromatic rings. The molecule has 2 unspecified atom stereocenters. The second-order valence-electron chi connectivity index (χ2n) is 5.89. The van der Waals surface area contributed by atoms with Gasteiger partial charge in [0.2, 0.25) is 0 Å². The first-order chi connectivity index (χ1) is 8.84. The van der Waals surface area contributed by atoms with Crippen molar-refractivity contribution < 1.29 is 0 Å². The van der Waals surface area contributed by atoms with Crippen LogP contribution in [0.25, 0.3) is 0 Å². The second-order valence-corrected chi connectivity index (χ2v) is 5.89. The maximum atomic E-state index is 3.74. The van der Waals surface area contributed by atoms with Crippen LogP contribution in [-0.4, -0.2) is 36.1 Å². The van der Waals surface area contributed by atoms with E-state index < -0.39 is 0 Å². The SMILES string of the molecule is CC1=CN2C3=C(CCC=C3)C[C@H]2C2NCCNC12. The van der Waals surface area contributed by atoms with E-state index in [1.54, 1.807) is 5.57 Å². The van der Waals surface area contributed by atoms with Crippen LogP contribution in [0.1, 0.15) is 26.2 Å². The first-order valence-electron chi connectivity index (χ1n) is 7.16. The highest BCUT2D eigenvalue weighted by atomic mass is 15.3. The molecule has 3 nitrogen and oxygen atoms in total. The van der Waals surface area contributed by atoms with Gasteiger partial charge in [-0.15, -0.1) is 0 Å². The van der Waals surface area contributed by atoms with E-state index in [4.69, 9.17) is 0 Å². The van der Waals surface area contributed by atoms with Crippen molar-refractivity contribution in [1.29, 1.82) is 0 Å². The zero-order valence-electron chi connectivity index (χ0n) is 10.9.